The van der Waals surface area contributed by atoms with Gasteiger partial charge >= 0.3 is 5.97 Å². The lowest BCUT2D eigenvalue weighted by molar-refractivity contribution is -0.123. The number of carbonyl (C=O) groups excluding carboxylic acids is 2. The van der Waals surface area contributed by atoms with Crippen molar-refractivity contribution < 1.29 is 14.3 Å². The van der Waals surface area contributed by atoms with Gasteiger partial charge < -0.3 is 10.1 Å². The molecule has 0 aliphatic heterocycles. The standard InChI is InChI=1S/C15H15BrN2O3S/c1-8-13(22-10(3)17-8)15(20)21-9(2)14(19)18-12-6-4-5-11(16)7-12/h4-7,9H,1-3H3,(H,18,19)/t9-/m1/s1. The van der Waals surface area contributed by atoms with Crippen molar-refractivity contribution in [1.82, 2.24) is 4.98 Å². The third kappa shape index (κ3) is 4.14. The molecule has 1 heterocycles. The van der Waals surface area contributed by atoms with Crippen LogP contribution in [-0.2, 0) is 9.53 Å². The quantitative estimate of drug-likeness (QED) is 0.818. The number of halogens is 1. The molecule has 116 valence electrons. The van der Waals surface area contributed by atoms with Gasteiger partial charge in [-0.15, -0.1) is 11.3 Å². The van der Waals surface area contributed by atoms with E-state index in [0.717, 1.165) is 9.48 Å². The van der Waals surface area contributed by atoms with Crippen LogP contribution >= 0.6 is 27.3 Å². The van der Waals surface area contributed by atoms with Gasteiger partial charge in [0, 0.05) is 10.2 Å². The molecular weight excluding hydrogens is 368 g/mol. The van der Waals surface area contributed by atoms with Crippen molar-refractivity contribution in [3.05, 3.63) is 44.3 Å². The molecule has 0 bridgehead atoms. The maximum Gasteiger partial charge on any atom is 0.351 e. The van der Waals surface area contributed by atoms with Crippen molar-refractivity contribution in [1.29, 1.82) is 0 Å². The average Bonchev–Trinajstić information content (AvgIpc) is 2.77. The molecule has 1 aromatic heterocycles. The summed E-state index contributed by atoms with van der Waals surface area (Å²) in [6.45, 7) is 5.10. The Labute approximate surface area is 140 Å². The summed E-state index contributed by atoms with van der Waals surface area (Å²) in [6, 6.07) is 7.19. The average molecular weight is 383 g/mol. The summed E-state index contributed by atoms with van der Waals surface area (Å²) < 4.78 is 6.06. The van der Waals surface area contributed by atoms with Crippen LogP contribution < -0.4 is 5.32 Å². The summed E-state index contributed by atoms with van der Waals surface area (Å²) in [5.74, 6) is -0.912. The highest BCUT2D eigenvalue weighted by Crippen LogP contribution is 2.19. The highest BCUT2D eigenvalue weighted by atomic mass is 79.9. The zero-order chi connectivity index (χ0) is 16.3. The van der Waals surface area contributed by atoms with E-state index in [-0.39, 0.29) is 5.91 Å². The monoisotopic (exact) mass is 382 g/mol. The molecule has 1 aromatic carbocycles. The van der Waals surface area contributed by atoms with Gasteiger partial charge in [-0.2, -0.15) is 0 Å². The lowest BCUT2D eigenvalue weighted by atomic mass is 10.3. The van der Waals surface area contributed by atoms with Crippen molar-refractivity contribution in [3.8, 4) is 0 Å². The minimum Gasteiger partial charge on any atom is -0.448 e. The third-order valence-corrected chi connectivity index (χ3v) is 4.38. The first-order valence-corrected chi connectivity index (χ1v) is 8.19. The number of aryl methyl sites for hydroxylation is 2. The predicted molar refractivity (Wildman–Crippen MR) is 89.2 cm³/mol. The van der Waals surface area contributed by atoms with E-state index in [4.69, 9.17) is 4.74 Å². The van der Waals surface area contributed by atoms with E-state index in [9.17, 15) is 9.59 Å². The van der Waals surface area contributed by atoms with Gasteiger partial charge in [-0.05, 0) is 39.0 Å². The zero-order valence-electron chi connectivity index (χ0n) is 12.3. The summed E-state index contributed by atoms with van der Waals surface area (Å²) >= 11 is 4.59. The van der Waals surface area contributed by atoms with Crippen LogP contribution in [0.4, 0.5) is 5.69 Å². The fraction of sp³-hybridized carbons (Fsp3) is 0.267. The fourth-order valence-corrected chi connectivity index (χ4v) is 3.00. The minimum atomic E-state index is -0.895. The van der Waals surface area contributed by atoms with E-state index in [1.165, 1.54) is 18.3 Å². The van der Waals surface area contributed by atoms with E-state index in [0.29, 0.717) is 16.3 Å². The zero-order valence-corrected chi connectivity index (χ0v) is 14.7. The van der Waals surface area contributed by atoms with Gasteiger partial charge in [0.05, 0.1) is 10.7 Å². The van der Waals surface area contributed by atoms with Crippen LogP contribution in [0.1, 0.15) is 27.3 Å². The molecule has 2 rings (SSSR count). The number of carbonyl (C=O) groups is 2. The number of hydrogen-bond donors (Lipinski definition) is 1. The van der Waals surface area contributed by atoms with E-state index in [1.807, 2.05) is 13.0 Å². The Bertz CT molecular complexity index is 715. The normalized spacial score (nSPS) is 11.8. The third-order valence-electron chi connectivity index (χ3n) is 2.83. The second-order valence-electron chi connectivity index (χ2n) is 4.69. The van der Waals surface area contributed by atoms with E-state index < -0.39 is 12.1 Å². The van der Waals surface area contributed by atoms with E-state index >= 15 is 0 Å². The smallest absolute Gasteiger partial charge is 0.351 e. The molecule has 1 amide bonds. The molecule has 0 radical (unpaired) electrons. The number of rotatable bonds is 4. The number of esters is 1. The van der Waals surface area contributed by atoms with Crippen molar-refractivity contribution in [3.63, 3.8) is 0 Å². The second-order valence-corrected chi connectivity index (χ2v) is 6.81. The summed E-state index contributed by atoms with van der Waals surface area (Å²) in [4.78, 5) is 28.7. The summed E-state index contributed by atoms with van der Waals surface area (Å²) in [5, 5.41) is 3.49. The summed E-state index contributed by atoms with van der Waals surface area (Å²) in [7, 11) is 0. The molecule has 0 fully saturated rings. The summed E-state index contributed by atoms with van der Waals surface area (Å²) in [6.07, 6.45) is -0.895. The van der Waals surface area contributed by atoms with Gasteiger partial charge in [0.1, 0.15) is 4.88 Å². The van der Waals surface area contributed by atoms with Crippen LogP contribution in [0.3, 0.4) is 0 Å². The molecule has 0 aliphatic carbocycles. The maximum absolute atomic E-state index is 12.1. The molecule has 1 N–H and O–H groups in total. The molecule has 0 saturated heterocycles. The Kier molecular flexibility index (Phi) is 5.31. The molecule has 22 heavy (non-hydrogen) atoms. The number of anilines is 1. The van der Waals surface area contributed by atoms with Crippen LogP contribution in [-0.4, -0.2) is 23.0 Å². The number of aromatic nitrogens is 1. The lowest BCUT2D eigenvalue weighted by Gasteiger charge is -2.13. The van der Waals surface area contributed by atoms with Crippen LogP contribution in [0.15, 0.2) is 28.7 Å². The first kappa shape index (κ1) is 16.6. The largest absolute Gasteiger partial charge is 0.448 e. The molecule has 0 aliphatic rings. The number of nitrogens with one attached hydrogen (secondary N) is 1. The molecule has 0 saturated carbocycles. The Balaban J connectivity index is 1.99. The highest BCUT2D eigenvalue weighted by Gasteiger charge is 2.22. The van der Waals surface area contributed by atoms with Crippen molar-refractivity contribution >= 4 is 44.8 Å². The lowest BCUT2D eigenvalue weighted by Crippen LogP contribution is -2.29. The van der Waals surface area contributed by atoms with Crippen LogP contribution in [0.5, 0.6) is 0 Å². The van der Waals surface area contributed by atoms with Crippen LogP contribution in [0.25, 0.3) is 0 Å². The SMILES string of the molecule is Cc1nc(C)c(C(=O)O[C@H](C)C(=O)Nc2cccc(Br)c2)s1. The minimum absolute atomic E-state index is 0.384. The van der Waals surface area contributed by atoms with E-state index in [2.05, 4.69) is 26.2 Å². The number of thiazole rings is 1. The van der Waals surface area contributed by atoms with Gasteiger partial charge in [0.2, 0.25) is 0 Å². The number of ether oxygens (including phenoxy) is 1. The Hall–Kier alpha value is -1.73. The Morgan fingerprint density at radius 2 is 2.09 bits per heavy atom. The van der Waals surface area contributed by atoms with Crippen LogP contribution in [0, 0.1) is 13.8 Å². The molecule has 0 unspecified atom stereocenters. The fourth-order valence-electron chi connectivity index (χ4n) is 1.80. The molecule has 0 spiro atoms. The molecule has 7 heteroatoms. The molecule has 1 atom stereocenters. The first-order valence-electron chi connectivity index (χ1n) is 6.58. The summed E-state index contributed by atoms with van der Waals surface area (Å²) in [5.41, 5.74) is 1.25. The van der Waals surface area contributed by atoms with Crippen LogP contribution in [0.2, 0.25) is 0 Å². The molecule has 2 aromatic rings. The van der Waals surface area contributed by atoms with E-state index in [1.54, 1.807) is 25.1 Å². The Morgan fingerprint density at radius 3 is 2.68 bits per heavy atom. The topological polar surface area (TPSA) is 68.3 Å². The Morgan fingerprint density at radius 1 is 1.36 bits per heavy atom. The number of amides is 1. The van der Waals surface area contributed by atoms with Gasteiger partial charge in [-0.3, -0.25) is 4.79 Å². The predicted octanol–water partition coefficient (Wildman–Crippen LogP) is 3.71. The van der Waals surface area contributed by atoms with Gasteiger partial charge in [-0.1, -0.05) is 22.0 Å². The van der Waals surface area contributed by atoms with Crippen molar-refractivity contribution in [2.45, 2.75) is 26.9 Å². The van der Waals surface area contributed by atoms with Gasteiger partial charge in [0.15, 0.2) is 6.10 Å². The maximum atomic E-state index is 12.1. The molecule has 5 nitrogen and oxygen atoms in total. The number of nitrogens with zero attached hydrogens (tertiary/aromatic N) is 1. The second kappa shape index (κ2) is 7.02. The number of benzene rings is 1. The van der Waals surface area contributed by atoms with Crippen molar-refractivity contribution in [2.75, 3.05) is 5.32 Å². The van der Waals surface area contributed by atoms with Gasteiger partial charge in [-0.25, -0.2) is 9.78 Å². The van der Waals surface area contributed by atoms with Gasteiger partial charge in [0.25, 0.3) is 5.91 Å². The van der Waals surface area contributed by atoms with Crippen molar-refractivity contribution in [2.24, 2.45) is 0 Å². The molecular formula is C15H15BrN2O3S. The first-order chi connectivity index (χ1) is 10.4. The number of hydrogen-bond acceptors (Lipinski definition) is 5. The highest BCUT2D eigenvalue weighted by molar-refractivity contribution is 9.10.